The molecule has 0 aliphatic carbocycles. The smallest absolute Gasteiger partial charge is 0.308 e. The highest BCUT2D eigenvalue weighted by Crippen LogP contribution is 2.14. The molecule has 1 aromatic carbocycles. The Bertz CT molecular complexity index is 524. The van der Waals surface area contributed by atoms with Crippen molar-refractivity contribution in [3.05, 3.63) is 46.3 Å². The number of azide groups is 1. The van der Waals surface area contributed by atoms with Gasteiger partial charge in [0.2, 0.25) is 5.91 Å². The van der Waals surface area contributed by atoms with Gasteiger partial charge in [-0.05, 0) is 17.5 Å². The van der Waals surface area contributed by atoms with Crippen LogP contribution in [0, 0.1) is 0 Å². The van der Waals surface area contributed by atoms with Crippen LogP contribution in [0.1, 0.15) is 12.0 Å². The lowest BCUT2D eigenvalue weighted by Gasteiger charge is -2.19. The molecule has 1 fully saturated rings. The SMILES string of the molecule is [N-]=[N+]=NC(=O)N[C@H]1CC(=O)NC1Cc1ccccc1. The van der Waals surface area contributed by atoms with Crippen LogP contribution in [-0.4, -0.2) is 24.0 Å². The number of benzene rings is 1. The summed E-state index contributed by atoms with van der Waals surface area (Å²) < 4.78 is 0. The van der Waals surface area contributed by atoms with Crippen LogP contribution >= 0.6 is 0 Å². The number of hydrogen-bond acceptors (Lipinski definition) is 2. The predicted octanol–water partition coefficient (Wildman–Crippen LogP) is 1.51. The van der Waals surface area contributed by atoms with Crippen molar-refractivity contribution in [2.24, 2.45) is 5.11 Å². The zero-order valence-electron chi connectivity index (χ0n) is 10.1. The van der Waals surface area contributed by atoms with E-state index in [-0.39, 0.29) is 24.4 Å². The van der Waals surface area contributed by atoms with Crippen molar-refractivity contribution < 1.29 is 9.59 Å². The summed E-state index contributed by atoms with van der Waals surface area (Å²) in [6.07, 6.45) is 0.817. The van der Waals surface area contributed by atoms with Gasteiger partial charge in [0.15, 0.2) is 0 Å². The molecule has 0 saturated carbocycles. The fourth-order valence-corrected chi connectivity index (χ4v) is 2.15. The molecule has 2 rings (SSSR count). The first-order chi connectivity index (χ1) is 9.19. The van der Waals surface area contributed by atoms with Gasteiger partial charge in [-0.1, -0.05) is 30.3 Å². The Morgan fingerprint density at radius 1 is 1.47 bits per heavy atom. The highest BCUT2D eigenvalue weighted by atomic mass is 16.2. The lowest BCUT2D eigenvalue weighted by atomic mass is 10.0. The Kier molecular flexibility index (Phi) is 4.00. The van der Waals surface area contributed by atoms with E-state index in [0.29, 0.717) is 6.42 Å². The van der Waals surface area contributed by atoms with Gasteiger partial charge in [-0.25, -0.2) is 0 Å². The van der Waals surface area contributed by atoms with Crippen LogP contribution < -0.4 is 10.6 Å². The highest BCUT2D eigenvalue weighted by molar-refractivity contribution is 5.82. The molecular weight excluding hydrogens is 246 g/mol. The Morgan fingerprint density at radius 3 is 2.89 bits per heavy atom. The van der Waals surface area contributed by atoms with Crippen LogP contribution in [-0.2, 0) is 11.2 Å². The van der Waals surface area contributed by atoms with E-state index in [2.05, 4.69) is 20.7 Å². The summed E-state index contributed by atoms with van der Waals surface area (Å²) in [4.78, 5) is 25.1. The second-order valence-corrected chi connectivity index (χ2v) is 4.31. The minimum absolute atomic E-state index is 0.118. The largest absolute Gasteiger partial charge is 0.351 e. The zero-order valence-corrected chi connectivity index (χ0v) is 10.1. The van der Waals surface area contributed by atoms with Crippen LogP contribution in [0.3, 0.4) is 0 Å². The van der Waals surface area contributed by atoms with Crippen molar-refractivity contribution in [2.75, 3.05) is 0 Å². The summed E-state index contributed by atoms with van der Waals surface area (Å²) in [5.74, 6) is -0.118. The molecule has 0 spiro atoms. The van der Waals surface area contributed by atoms with E-state index in [9.17, 15) is 9.59 Å². The zero-order chi connectivity index (χ0) is 13.7. The van der Waals surface area contributed by atoms with E-state index in [4.69, 9.17) is 5.53 Å². The van der Waals surface area contributed by atoms with Crippen molar-refractivity contribution in [3.63, 3.8) is 0 Å². The van der Waals surface area contributed by atoms with Gasteiger partial charge in [0.1, 0.15) is 0 Å². The monoisotopic (exact) mass is 259 g/mol. The Balaban J connectivity index is 2.03. The standard InChI is InChI=1S/C12H13N5O2/c13-17-16-12(19)15-10-7-11(18)14-9(10)6-8-4-2-1-3-5-8/h1-5,9-10H,6-7H2,(H,14,18)(H,15,19)/t9?,10-/m0/s1. The fourth-order valence-electron chi connectivity index (χ4n) is 2.15. The van der Waals surface area contributed by atoms with Gasteiger partial charge in [0, 0.05) is 16.4 Å². The summed E-state index contributed by atoms with van der Waals surface area (Å²) in [7, 11) is 0. The average Bonchev–Trinajstić information content (AvgIpc) is 2.71. The first-order valence-electron chi connectivity index (χ1n) is 5.88. The molecule has 1 aliphatic rings. The average molecular weight is 259 g/mol. The summed E-state index contributed by atoms with van der Waals surface area (Å²) in [6.45, 7) is 0. The third-order valence-electron chi connectivity index (χ3n) is 2.98. The molecule has 0 radical (unpaired) electrons. The maximum Gasteiger partial charge on any atom is 0.308 e. The van der Waals surface area contributed by atoms with E-state index in [1.165, 1.54) is 0 Å². The van der Waals surface area contributed by atoms with Crippen molar-refractivity contribution in [2.45, 2.75) is 24.9 Å². The van der Waals surface area contributed by atoms with Gasteiger partial charge < -0.3 is 10.6 Å². The lowest BCUT2D eigenvalue weighted by molar-refractivity contribution is -0.119. The van der Waals surface area contributed by atoms with Crippen molar-refractivity contribution in [3.8, 4) is 0 Å². The van der Waals surface area contributed by atoms with E-state index >= 15 is 0 Å². The van der Waals surface area contributed by atoms with Crippen LogP contribution in [0.2, 0.25) is 0 Å². The number of nitrogens with zero attached hydrogens (tertiary/aromatic N) is 3. The molecule has 19 heavy (non-hydrogen) atoms. The van der Waals surface area contributed by atoms with Gasteiger partial charge >= 0.3 is 6.03 Å². The van der Waals surface area contributed by atoms with Crippen LogP contribution in [0.15, 0.2) is 35.4 Å². The molecule has 1 aliphatic heterocycles. The number of rotatable bonds is 3. The van der Waals surface area contributed by atoms with Gasteiger partial charge in [0.05, 0.1) is 12.1 Å². The third-order valence-corrected chi connectivity index (χ3v) is 2.98. The first-order valence-corrected chi connectivity index (χ1v) is 5.88. The summed E-state index contributed by atoms with van der Waals surface area (Å²) >= 11 is 0. The molecule has 1 unspecified atom stereocenters. The Morgan fingerprint density at radius 2 is 2.21 bits per heavy atom. The van der Waals surface area contributed by atoms with Crippen molar-refractivity contribution in [1.82, 2.24) is 10.6 Å². The quantitative estimate of drug-likeness (QED) is 0.487. The van der Waals surface area contributed by atoms with Crippen molar-refractivity contribution >= 4 is 11.9 Å². The number of amides is 3. The summed E-state index contributed by atoms with van der Waals surface area (Å²) in [5, 5.41) is 8.30. The molecule has 1 saturated heterocycles. The molecule has 98 valence electrons. The first kappa shape index (κ1) is 12.9. The highest BCUT2D eigenvalue weighted by Gasteiger charge is 2.33. The second-order valence-electron chi connectivity index (χ2n) is 4.31. The van der Waals surface area contributed by atoms with Gasteiger partial charge in [0.25, 0.3) is 0 Å². The normalized spacial score (nSPS) is 21.4. The molecular formula is C12H13N5O2. The topological polar surface area (TPSA) is 107 Å². The number of urea groups is 1. The Hall–Kier alpha value is -2.53. The van der Waals surface area contributed by atoms with E-state index in [1.807, 2.05) is 30.3 Å². The molecule has 0 bridgehead atoms. The number of carbonyl (C=O) groups excluding carboxylic acids is 2. The molecule has 2 N–H and O–H groups in total. The van der Waals surface area contributed by atoms with Gasteiger partial charge in [-0.2, -0.15) is 0 Å². The molecule has 7 nitrogen and oxygen atoms in total. The minimum atomic E-state index is -0.762. The maximum atomic E-state index is 11.4. The molecule has 3 amide bonds. The van der Waals surface area contributed by atoms with Crippen LogP contribution in [0.25, 0.3) is 10.4 Å². The van der Waals surface area contributed by atoms with E-state index < -0.39 is 6.03 Å². The predicted molar refractivity (Wildman–Crippen MR) is 68.2 cm³/mol. The molecule has 1 heterocycles. The molecule has 1 aromatic rings. The lowest BCUT2D eigenvalue weighted by Crippen LogP contribution is -2.43. The summed E-state index contributed by atoms with van der Waals surface area (Å²) in [5.41, 5.74) is 9.25. The van der Waals surface area contributed by atoms with Gasteiger partial charge in [-0.3, -0.25) is 9.59 Å². The number of hydrogen-bond donors (Lipinski definition) is 2. The van der Waals surface area contributed by atoms with E-state index in [1.54, 1.807) is 0 Å². The van der Waals surface area contributed by atoms with Crippen molar-refractivity contribution in [1.29, 1.82) is 0 Å². The Labute approximate surface area is 109 Å². The number of carbonyl (C=O) groups is 2. The van der Waals surface area contributed by atoms with Gasteiger partial charge in [-0.15, -0.1) is 0 Å². The molecule has 2 atom stereocenters. The maximum absolute atomic E-state index is 11.4. The number of nitrogens with one attached hydrogen (secondary N) is 2. The fraction of sp³-hybridized carbons (Fsp3) is 0.333. The third kappa shape index (κ3) is 3.46. The second kappa shape index (κ2) is 5.88. The molecule has 7 heteroatoms. The minimum Gasteiger partial charge on any atom is -0.351 e. The van der Waals surface area contributed by atoms with Crippen LogP contribution in [0.5, 0.6) is 0 Å². The van der Waals surface area contributed by atoms with Crippen LogP contribution in [0.4, 0.5) is 4.79 Å². The summed E-state index contributed by atoms with van der Waals surface area (Å²) in [6, 6.07) is 8.35. The van der Waals surface area contributed by atoms with E-state index in [0.717, 1.165) is 5.56 Å². The molecule has 0 aromatic heterocycles.